The number of nitrogens with zero attached hydrogens (tertiary/aromatic N) is 1. The molecule has 1 aromatic carbocycles. The Labute approximate surface area is 150 Å². The molecule has 25 heavy (non-hydrogen) atoms. The number of nitrogens with one attached hydrogen (secondary N) is 1. The molecule has 0 aliphatic carbocycles. The van der Waals surface area contributed by atoms with Gasteiger partial charge in [-0.1, -0.05) is 34.7 Å². The molecular weight excluding hydrogens is 392 g/mol. The quantitative estimate of drug-likeness (QED) is 0.403. The van der Waals surface area contributed by atoms with E-state index < -0.39 is 21.2 Å². The van der Waals surface area contributed by atoms with Crippen LogP contribution in [0.4, 0.5) is 9.80 Å². The predicted molar refractivity (Wildman–Crippen MR) is 94.4 cm³/mol. The second-order valence-corrected chi connectivity index (χ2v) is 7.40. The van der Waals surface area contributed by atoms with Crippen molar-refractivity contribution in [1.82, 2.24) is 0 Å². The largest absolute Gasteiger partial charge is 0.366 e. The minimum absolute atomic E-state index is 0.262. The summed E-state index contributed by atoms with van der Waals surface area (Å²) < 4.78 is 21.3. The number of halogens is 1. The summed E-state index contributed by atoms with van der Waals surface area (Å²) in [6, 6.07) is 10.4. The van der Waals surface area contributed by atoms with Crippen LogP contribution in [-0.4, -0.2) is 26.4 Å². The Balaban J connectivity index is 0.000000381. The molecule has 132 valence electrons. The van der Waals surface area contributed by atoms with E-state index in [1.54, 1.807) is 6.07 Å². The summed E-state index contributed by atoms with van der Waals surface area (Å²) in [5.41, 5.74) is 11.5. The Kier molecular flexibility index (Phi) is 7.27. The van der Waals surface area contributed by atoms with Crippen molar-refractivity contribution in [3.8, 4) is 10.4 Å². The van der Waals surface area contributed by atoms with E-state index in [1.165, 1.54) is 11.3 Å². The van der Waals surface area contributed by atoms with Crippen molar-refractivity contribution in [3.63, 3.8) is 0 Å². The van der Waals surface area contributed by atoms with E-state index in [4.69, 9.17) is 16.3 Å². The Morgan fingerprint density at radius 3 is 2.20 bits per heavy atom. The minimum atomic E-state index is -4.00. The molecule has 0 spiro atoms. The van der Waals surface area contributed by atoms with E-state index in [0.717, 1.165) is 16.5 Å². The summed E-state index contributed by atoms with van der Waals surface area (Å²) in [6.45, 7) is 0. The van der Waals surface area contributed by atoms with E-state index in [-0.39, 0.29) is 5.56 Å². The van der Waals surface area contributed by atoms with Gasteiger partial charge in [-0.3, -0.25) is 10.1 Å². The number of thiophene rings is 1. The predicted octanol–water partition coefficient (Wildman–Crippen LogP) is 1.81. The average molecular weight is 403 g/mol. The summed E-state index contributed by atoms with van der Waals surface area (Å²) in [5.74, 6) is -0.600. The molecule has 5 N–H and O–H groups in total. The number of primary amides is 2. The van der Waals surface area contributed by atoms with Gasteiger partial charge in [0.05, 0.1) is 5.56 Å². The first-order valence-corrected chi connectivity index (χ1v) is 9.31. The lowest BCUT2D eigenvalue weighted by Crippen LogP contribution is -2.21. The zero-order chi connectivity index (χ0) is 19.0. The zero-order valence-corrected chi connectivity index (χ0v) is 14.7. The highest BCUT2D eigenvalue weighted by atomic mass is 35.7. The van der Waals surface area contributed by atoms with Crippen LogP contribution in [0, 0.1) is 0 Å². The average Bonchev–Trinajstić information content (AvgIpc) is 2.91. The third-order valence-corrected chi connectivity index (χ3v) is 4.04. The Morgan fingerprint density at radius 1 is 1.20 bits per heavy atom. The lowest BCUT2D eigenvalue weighted by Gasteiger charge is -1.98. The normalized spacial score (nSPS) is 9.96. The lowest BCUT2D eigenvalue weighted by molar-refractivity contribution is 0.100. The fourth-order valence-corrected chi connectivity index (χ4v) is 2.81. The summed E-state index contributed by atoms with van der Waals surface area (Å²) in [5, 5.41) is 2.77. The Morgan fingerprint density at radius 2 is 1.80 bits per heavy atom. The van der Waals surface area contributed by atoms with Crippen molar-refractivity contribution in [3.05, 3.63) is 42.0 Å². The molecule has 12 heteroatoms. The smallest absolute Gasteiger partial charge is 0.350 e. The lowest BCUT2D eigenvalue weighted by atomic mass is 10.1. The van der Waals surface area contributed by atoms with Crippen LogP contribution in [-0.2, 0) is 14.0 Å². The number of isocyanates is 1. The van der Waals surface area contributed by atoms with Gasteiger partial charge in [0.15, 0.2) is 0 Å². The van der Waals surface area contributed by atoms with Gasteiger partial charge in [-0.15, -0.1) is 11.3 Å². The van der Waals surface area contributed by atoms with E-state index in [1.807, 2.05) is 30.3 Å². The van der Waals surface area contributed by atoms with Crippen LogP contribution < -0.4 is 16.8 Å². The van der Waals surface area contributed by atoms with Crippen molar-refractivity contribution in [2.24, 2.45) is 15.9 Å². The van der Waals surface area contributed by atoms with Crippen LogP contribution >= 0.6 is 22.0 Å². The van der Waals surface area contributed by atoms with E-state index in [2.05, 4.69) is 20.4 Å². The van der Waals surface area contributed by atoms with E-state index in [0.29, 0.717) is 5.00 Å². The maximum Gasteiger partial charge on any atom is 0.350 e. The molecule has 0 atom stereocenters. The second kappa shape index (κ2) is 8.94. The van der Waals surface area contributed by atoms with Crippen molar-refractivity contribution in [2.45, 2.75) is 0 Å². The number of benzene rings is 1. The van der Waals surface area contributed by atoms with Crippen LogP contribution in [0.2, 0.25) is 0 Å². The van der Waals surface area contributed by atoms with Gasteiger partial charge < -0.3 is 11.5 Å². The summed E-state index contributed by atoms with van der Waals surface area (Å²) >= 11 is 1.26. The third-order valence-electron chi connectivity index (χ3n) is 2.44. The van der Waals surface area contributed by atoms with Gasteiger partial charge in [-0.05, 0) is 11.6 Å². The molecule has 0 aliphatic rings. The van der Waals surface area contributed by atoms with Gasteiger partial charge in [-0.25, -0.2) is 9.59 Å². The van der Waals surface area contributed by atoms with Gasteiger partial charge in [-0.2, -0.15) is 8.42 Å². The van der Waals surface area contributed by atoms with Crippen molar-refractivity contribution < 1.29 is 22.8 Å². The number of urea groups is 1. The van der Waals surface area contributed by atoms with Gasteiger partial charge in [0.25, 0.3) is 12.0 Å². The topological polar surface area (TPSA) is 162 Å². The number of hydrogen-bond acceptors (Lipinski definition) is 6. The number of amides is 3. The van der Waals surface area contributed by atoms with Gasteiger partial charge >= 0.3 is 15.3 Å². The standard InChI is InChI=1S/C12H11N3O2S.CClNO3S/c13-10(16)8-6-9(7-4-2-1-3-5-7)18-11(8)15-12(14)17;2-7(5,6)3-1-4/h1-6H,(H2,13,16)(H3,14,15,17);. The number of carbonyl (C=O) groups is 2. The molecular formula is C13H11ClN4O5S2. The molecule has 0 bridgehead atoms. The van der Waals surface area contributed by atoms with E-state index >= 15 is 0 Å². The second-order valence-electron chi connectivity index (χ2n) is 4.17. The fraction of sp³-hybridized carbons (Fsp3) is 0. The highest BCUT2D eigenvalue weighted by Crippen LogP contribution is 2.35. The molecule has 0 fully saturated rings. The molecule has 3 amide bonds. The SMILES string of the molecule is NC(=O)Nc1sc(-c2ccccc2)cc1C(N)=O.O=C=NS(=O)(=O)Cl. The molecule has 1 heterocycles. The molecule has 2 rings (SSSR count). The summed E-state index contributed by atoms with van der Waals surface area (Å²) in [6.07, 6.45) is 0.763. The molecule has 9 nitrogen and oxygen atoms in total. The number of anilines is 1. The molecule has 0 radical (unpaired) electrons. The first kappa shape index (κ1) is 20.3. The van der Waals surface area contributed by atoms with Crippen molar-refractivity contribution in [1.29, 1.82) is 0 Å². The third kappa shape index (κ3) is 7.14. The number of nitrogens with two attached hydrogens (primary N) is 2. The van der Waals surface area contributed by atoms with Crippen LogP contribution in [0.3, 0.4) is 0 Å². The number of hydrogen-bond donors (Lipinski definition) is 3. The Bertz CT molecular complexity index is 921. The molecule has 0 saturated heterocycles. The van der Waals surface area contributed by atoms with Crippen LogP contribution in [0.1, 0.15) is 10.4 Å². The molecule has 2 aromatic rings. The van der Waals surface area contributed by atoms with Crippen molar-refractivity contribution in [2.75, 3.05) is 5.32 Å². The van der Waals surface area contributed by atoms with Gasteiger partial charge in [0.2, 0.25) is 0 Å². The van der Waals surface area contributed by atoms with Crippen LogP contribution in [0.15, 0.2) is 40.8 Å². The monoisotopic (exact) mass is 402 g/mol. The highest BCUT2D eigenvalue weighted by Gasteiger charge is 2.15. The first-order chi connectivity index (χ1) is 11.6. The Hall–Kier alpha value is -2.72. The fourth-order valence-electron chi connectivity index (χ4n) is 1.57. The highest BCUT2D eigenvalue weighted by molar-refractivity contribution is 8.12. The molecule has 0 unspecified atom stereocenters. The molecule has 0 saturated carbocycles. The van der Waals surface area contributed by atoms with Gasteiger partial charge in [0, 0.05) is 15.6 Å². The minimum Gasteiger partial charge on any atom is -0.366 e. The summed E-state index contributed by atoms with van der Waals surface area (Å²) in [7, 11) is 0.376. The number of rotatable bonds is 4. The van der Waals surface area contributed by atoms with Crippen LogP contribution in [0.25, 0.3) is 10.4 Å². The molecule has 1 aromatic heterocycles. The van der Waals surface area contributed by atoms with Crippen LogP contribution in [0.5, 0.6) is 0 Å². The number of carbonyl (C=O) groups excluding carboxylic acids is 3. The zero-order valence-electron chi connectivity index (χ0n) is 12.3. The first-order valence-electron chi connectivity index (χ1n) is 6.23. The summed E-state index contributed by atoms with van der Waals surface area (Å²) in [4.78, 5) is 32.0. The maximum absolute atomic E-state index is 11.3. The van der Waals surface area contributed by atoms with E-state index in [9.17, 15) is 18.0 Å². The maximum atomic E-state index is 11.3. The van der Waals surface area contributed by atoms with Gasteiger partial charge in [0.1, 0.15) is 5.00 Å². The molecule has 0 aliphatic heterocycles. The van der Waals surface area contributed by atoms with Crippen molar-refractivity contribution >= 4 is 54.3 Å².